The first-order valence-corrected chi connectivity index (χ1v) is 9.95. The number of rotatable bonds is 7. The zero-order chi connectivity index (χ0) is 18.4. The van der Waals surface area contributed by atoms with Crippen LogP contribution in [-0.4, -0.2) is 55.1 Å². The third kappa shape index (κ3) is 4.83. The third-order valence-corrected chi connectivity index (χ3v) is 5.78. The fourth-order valence-corrected chi connectivity index (χ4v) is 4.46. The maximum atomic E-state index is 13.4. The van der Waals surface area contributed by atoms with Crippen LogP contribution in [0.1, 0.15) is 44.1 Å². The summed E-state index contributed by atoms with van der Waals surface area (Å²) in [4.78, 5) is 17.9. The van der Waals surface area contributed by atoms with Gasteiger partial charge in [0, 0.05) is 32.8 Å². The van der Waals surface area contributed by atoms with Gasteiger partial charge in [-0.15, -0.1) is 0 Å². The molecule has 0 spiro atoms. The van der Waals surface area contributed by atoms with Crippen LogP contribution in [0, 0.1) is 11.7 Å². The summed E-state index contributed by atoms with van der Waals surface area (Å²) in [5.41, 5.74) is 0.980. The number of hydrogen-bond donors (Lipinski definition) is 0. The van der Waals surface area contributed by atoms with Gasteiger partial charge in [0.1, 0.15) is 5.82 Å². The van der Waals surface area contributed by atoms with Gasteiger partial charge in [-0.25, -0.2) is 4.39 Å². The first kappa shape index (κ1) is 19.3. The summed E-state index contributed by atoms with van der Waals surface area (Å²) in [5, 5.41) is 0. The van der Waals surface area contributed by atoms with Crippen LogP contribution in [-0.2, 0) is 16.1 Å². The number of hydrogen-bond acceptors (Lipinski definition) is 3. The highest BCUT2D eigenvalue weighted by atomic mass is 19.1. The van der Waals surface area contributed by atoms with E-state index in [0.29, 0.717) is 25.7 Å². The Bertz CT molecular complexity index is 576. The minimum atomic E-state index is -0.240. The molecule has 0 aromatic heterocycles. The molecule has 0 saturated carbocycles. The Kier molecular flexibility index (Phi) is 7.03. The van der Waals surface area contributed by atoms with Gasteiger partial charge in [0.15, 0.2) is 0 Å². The van der Waals surface area contributed by atoms with Crippen LogP contribution in [0.25, 0.3) is 0 Å². The molecule has 2 heterocycles. The van der Waals surface area contributed by atoms with Crippen molar-refractivity contribution in [1.29, 1.82) is 0 Å². The normalized spacial score (nSPS) is 23.5. The highest BCUT2D eigenvalue weighted by Gasteiger charge is 2.38. The van der Waals surface area contributed by atoms with Gasteiger partial charge in [-0.05, 0) is 62.9 Å². The van der Waals surface area contributed by atoms with Crippen LogP contribution >= 0.6 is 0 Å². The van der Waals surface area contributed by atoms with Crippen molar-refractivity contribution in [2.45, 2.75) is 51.1 Å². The fraction of sp³-hybridized carbons (Fsp3) is 0.667. The van der Waals surface area contributed by atoms with Crippen molar-refractivity contribution in [3.8, 4) is 0 Å². The lowest BCUT2D eigenvalue weighted by molar-refractivity contribution is -0.141. The number of benzene rings is 1. The molecule has 144 valence electrons. The molecule has 2 aliphatic rings. The summed E-state index contributed by atoms with van der Waals surface area (Å²) >= 11 is 0. The van der Waals surface area contributed by atoms with Crippen molar-refractivity contribution in [2.24, 2.45) is 5.92 Å². The van der Waals surface area contributed by atoms with E-state index in [4.69, 9.17) is 4.74 Å². The Labute approximate surface area is 156 Å². The predicted molar refractivity (Wildman–Crippen MR) is 100 cm³/mol. The maximum Gasteiger partial charge on any atom is 0.227 e. The van der Waals surface area contributed by atoms with Crippen molar-refractivity contribution >= 4 is 5.91 Å². The largest absolute Gasteiger partial charge is 0.385 e. The van der Waals surface area contributed by atoms with Gasteiger partial charge in [-0.1, -0.05) is 18.6 Å². The SMILES string of the molecule is COCCCN(Cc1ccc(F)cc1)C(=O)[C@@H]1CCCN2CCCC[C@H]12. The number of fused-ring (bicyclic) bond motifs is 1. The molecule has 2 saturated heterocycles. The monoisotopic (exact) mass is 362 g/mol. The lowest BCUT2D eigenvalue weighted by Gasteiger charge is -2.45. The molecule has 0 N–H and O–H groups in total. The van der Waals surface area contributed by atoms with E-state index in [1.807, 2.05) is 4.90 Å². The zero-order valence-electron chi connectivity index (χ0n) is 15.8. The average Bonchev–Trinajstić information content (AvgIpc) is 2.68. The number of halogens is 1. The van der Waals surface area contributed by atoms with Gasteiger partial charge in [-0.3, -0.25) is 9.69 Å². The van der Waals surface area contributed by atoms with E-state index in [2.05, 4.69) is 4.90 Å². The van der Waals surface area contributed by atoms with E-state index >= 15 is 0 Å². The number of piperidine rings is 2. The second-order valence-corrected chi connectivity index (χ2v) is 7.58. The van der Waals surface area contributed by atoms with Crippen molar-refractivity contribution < 1.29 is 13.9 Å². The molecule has 2 fully saturated rings. The van der Waals surface area contributed by atoms with Crippen molar-refractivity contribution in [3.05, 3.63) is 35.6 Å². The smallest absolute Gasteiger partial charge is 0.227 e. The van der Waals surface area contributed by atoms with Crippen molar-refractivity contribution in [2.75, 3.05) is 33.4 Å². The van der Waals surface area contributed by atoms with Crippen LogP contribution in [0.2, 0.25) is 0 Å². The van der Waals surface area contributed by atoms with Crippen molar-refractivity contribution in [1.82, 2.24) is 9.80 Å². The summed E-state index contributed by atoms with van der Waals surface area (Å²) < 4.78 is 18.4. The van der Waals surface area contributed by atoms with Gasteiger partial charge < -0.3 is 9.64 Å². The van der Waals surface area contributed by atoms with Gasteiger partial charge in [0.2, 0.25) is 5.91 Å². The average molecular weight is 362 g/mol. The third-order valence-electron chi connectivity index (χ3n) is 5.78. The molecule has 0 aliphatic carbocycles. The van der Waals surface area contributed by atoms with Gasteiger partial charge in [0.25, 0.3) is 0 Å². The second kappa shape index (κ2) is 9.47. The lowest BCUT2D eigenvalue weighted by atomic mass is 9.82. The zero-order valence-corrected chi connectivity index (χ0v) is 15.8. The van der Waals surface area contributed by atoms with Gasteiger partial charge >= 0.3 is 0 Å². The minimum Gasteiger partial charge on any atom is -0.385 e. The van der Waals surface area contributed by atoms with E-state index in [-0.39, 0.29) is 17.6 Å². The summed E-state index contributed by atoms with van der Waals surface area (Å²) in [6.07, 6.45) is 6.54. The van der Waals surface area contributed by atoms with E-state index in [9.17, 15) is 9.18 Å². The highest BCUT2D eigenvalue weighted by molar-refractivity contribution is 5.79. The number of amides is 1. The predicted octanol–water partition coefficient (Wildman–Crippen LogP) is 3.46. The quantitative estimate of drug-likeness (QED) is 0.697. The molecule has 2 atom stereocenters. The van der Waals surface area contributed by atoms with E-state index in [0.717, 1.165) is 44.3 Å². The molecule has 3 rings (SSSR count). The number of carbonyl (C=O) groups is 1. The first-order valence-electron chi connectivity index (χ1n) is 9.95. The lowest BCUT2D eigenvalue weighted by Crippen LogP contribution is -2.53. The molecule has 1 aromatic carbocycles. The Hall–Kier alpha value is -1.46. The summed E-state index contributed by atoms with van der Waals surface area (Å²) in [5.74, 6) is 0.130. The van der Waals surface area contributed by atoms with E-state index in [1.54, 1.807) is 19.2 Å². The summed E-state index contributed by atoms with van der Waals surface area (Å²) in [7, 11) is 1.69. The Morgan fingerprint density at radius 1 is 1.19 bits per heavy atom. The number of nitrogens with zero attached hydrogens (tertiary/aromatic N) is 2. The number of carbonyl (C=O) groups excluding carboxylic acids is 1. The van der Waals surface area contributed by atoms with Crippen LogP contribution in [0.3, 0.4) is 0 Å². The molecule has 0 unspecified atom stereocenters. The highest BCUT2D eigenvalue weighted by Crippen LogP contribution is 2.32. The number of methoxy groups -OCH3 is 1. The Morgan fingerprint density at radius 3 is 2.73 bits per heavy atom. The van der Waals surface area contributed by atoms with Gasteiger partial charge in [-0.2, -0.15) is 0 Å². The first-order chi connectivity index (χ1) is 12.7. The van der Waals surface area contributed by atoms with Gasteiger partial charge in [0.05, 0.1) is 5.92 Å². The minimum absolute atomic E-state index is 0.104. The molecule has 0 bridgehead atoms. The Morgan fingerprint density at radius 2 is 1.96 bits per heavy atom. The maximum absolute atomic E-state index is 13.4. The summed E-state index contributed by atoms with van der Waals surface area (Å²) in [6.45, 7) is 4.15. The van der Waals surface area contributed by atoms with Crippen LogP contribution in [0.4, 0.5) is 4.39 Å². The fourth-order valence-electron chi connectivity index (χ4n) is 4.46. The second-order valence-electron chi connectivity index (χ2n) is 7.58. The molecule has 1 amide bonds. The molecule has 2 aliphatic heterocycles. The van der Waals surface area contributed by atoms with Crippen LogP contribution in [0.15, 0.2) is 24.3 Å². The Balaban J connectivity index is 1.71. The topological polar surface area (TPSA) is 32.8 Å². The van der Waals surface area contributed by atoms with E-state index in [1.165, 1.54) is 25.0 Å². The summed E-state index contributed by atoms with van der Waals surface area (Å²) in [6, 6.07) is 6.90. The van der Waals surface area contributed by atoms with E-state index < -0.39 is 0 Å². The van der Waals surface area contributed by atoms with Crippen LogP contribution < -0.4 is 0 Å². The number of ether oxygens (including phenoxy) is 1. The molecule has 4 nitrogen and oxygen atoms in total. The molecular weight excluding hydrogens is 331 g/mol. The van der Waals surface area contributed by atoms with Crippen molar-refractivity contribution in [3.63, 3.8) is 0 Å². The molecule has 1 aromatic rings. The standard InChI is InChI=1S/C21H31FN2O2/c1-26-15-5-14-24(16-17-8-10-18(22)11-9-17)21(25)19-6-4-13-23-12-3-2-7-20(19)23/h8-11,19-20H,2-7,12-16H2,1H3/t19-,20-/m1/s1. The molecule has 26 heavy (non-hydrogen) atoms. The van der Waals surface area contributed by atoms with Crippen LogP contribution in [0.5, 0.6) is 0 Å². The molecular formula is C21H31FN2O2. The molecule has 5 heteroatoms. The molecule has 0 radical (unpaired) electrons.